The van der Waals surface area contributed by atoms with Crippen LogP contribution in [0.25, 0.3) is 0 Å². The Morgan fingerprint density at radius 2 is 1.77 bits per heavy atom. The summed E-state index contributed by atoms with van der Waals surface area (Å²) < 4.78 is 0. The summed E-state index contributed by atoms with van der Waals surface area (Å²) in [6.45, 7) is 4.60. The van der Waals surface area contributed by atoms with E-state index in [-0.39, 0.29) is 6.54 Å². The third kappa shape index (κ3) is 3.93. The topological polar surface area (TPSA) is 43.8 Å². The number of carboxylic acid groups (broad SMARTS) is 1. The maximum atomic E-state index is 10.4. The van der Waals surface area contributed by atoms with Gasteiger partial charge in [0.15, 0.2) is 0 Å². The van der Waals surface area contributed by atoms with E-state index in [0.29, 0.717) is 5.88 Å². The van der Waals surface area contributed by atoms with Crippen LogP contribution in [0.3, 0.4) is 0 Å². The van der Waals surface area contributed by atoms with E-state index >= 15 is 0 Å². The number of alkyl halides is 1. The molecule has 1 heterocycles. The molecule has 0 spiro atoms. The number of carbonyl (C=O) groups is 1. The summed E-state index contributed by atoms with van der Waals surface area (Å²) in [4.78, 5) is 14.6. The quantitative estimate of drug-likeness (QED) is 0.654. The highest BCUT2D eigenvalue weighted by molar-refractivity contribution is 6.18. The minimum atomic E-state index is -0.745. The summed E-state index contributed by atoms with van der Waals surface area (Å²) in [5, 5.41) is 8.56. The van der Waals surface area contributed by atoms with Gasteiger partial charge in [-0.1, -0.05) is 0 Å². The van der Waals surface area contributed by atoms with Crippen LogP contribution in [-0.2, 0) is 4.79 Å². The molecule has 1 rings (SSSR count). The molecule has 0 aliphatic carbocycles. The number of halogens is 1. The fraction of sp³-hybridized carbons (Fsp3) is 0.875. The first kappa shape index (κ1) is 10.8. The van der Waals surface area contributed by atoms with Gasteiger partial charge in [-0.15, -0.1) is 11.6 Å². The molecule has 4 nitrogen and oxygen atoms in total. The summed E-state index contributed by atoms with van der Waals surface area (Å²) in [7, 11) is 0. The summed E-state index contributed by atoms with van der Waals surface area (Å²) in [5.41, 5.74) is 0. The van der Waals surface area contributed by atoms with Crippen molar-refractivity contribution in [2.45, 2.75) is 0 Å². The highest BCUT2D eigenvalue weighted by Crippen LogP contribution is 2.00. The van der Waals surface area contributed by atoms with Gasteiger partial charge in [0, 0.05) is 38.6 Å². The number of carboxylic acids is 1. The van der Waals surface area contributed by atoms with Gasteiger partial charge in [-0.25, -0.2) is 0 Å². The van der Waals surface area contributed by atoms with Crippen LogP contribution in [0.1, 0.15) is 0 Å². The molecule has 1 fully saturated rings. The maximum Gasteiger partial charge on any atom is 0.317 e. The maximum absolute atomic E-state index is 10.4. The predicted octanol–water partition coefficient (Wildman–Crippen LogP) is -0.0726. The van der Waals surface area contributed by atoms with Crippen LogP contribution in [0.2, 0.25) is 0 Å². The first-order chi connectivity index (χ1) is 6.22. The van der Waals surface area contributed by atoms with Gasteiger partial charge in [0.25, 0.3) is 0 Å². The van der Waals surface area contributed by atoms with Crippen LogP contribution < -0.4 is 0 Å². The molecule has 1 N–H and O–H groups in total. The van der Waals surface area contributed by atoms with E-state index in [9.17, 15) is 4.79 Å². The molecule has 0 aromatic carbocycles. The third-order valence-corrected chi connectivity index (χ3v) is 2.39. The zero-order valence-corrected chi connectivity index (χ0v) is 8.33. The Bertz CT molecular complexity index is 170. The molecule has 76 valence electrons. The van der Waals surface area contributed by atoms with Crippen molar-refractivity contribution in [3.8, 4) is 0 Å². The smallest absolute Gasteiger partial charge is 0.317 e. The largest absolute Gasteiger partial charge is 0.480 e. The van der Waals surface area contributed by atoms with Crippen molar-refractivity contribution in [1.29, 1.82) is 0 Å². The second kappa shape index (κ2) is 5.42. The molecule has 13 heavy (non-hydrogen) atoms. The van der Waals surface area contributed by atoms with Gasteiger partial charge in [-0.05, 0) is 0 Å². The summed E-state index contributed by atoms with van der Waals surface area (Å²) in [6, 6.07) is 0. The van der Waals surface area contributed by atoms with E-state index in [1.165, 1.54) is 0 Å². The lowest BCUT2D eigenvalue weighted by Crippen LogP contribution is -2.48. The lowest BCUT2D eigenvalue weighted by molar-refractivity contribution is -0.138. The Morgan fingerprint density at radius 1 is 1.23 bits per heavy atom. The number of aliphatic carboxylic acids is 1. The van der Waals surface area contributed by atoms with E-state index < -0.39 is 5.97 Å². The van der Waals surface area contributed by atoms with E-state index in [0.717, 1.165) is 32.7 Å². The minimum Gasteiger partial charge on any atom is -0.480 e. The minimum absolute atomic E-state index is 0.161. The third-order valence-electron chi connectivity index (χ3n) is 2.22. The average Bonchev–Trinajstić information content (AvgIpc) is 2.08. The van der Waals surface area contributed by atoms with Crippen molar-refractivity contribution in [2.75, 3.05) is 45.1 Å². The van der Waals surface area contributed by atoms with Crippen LogP contribution in [0, 0.1) is 0 Å². The van der Waals surface area contributed by atoms with Gasteiger partial charge < -0.3 is 5.11 Å². The monoisotopic (exact) mass is 206 g/mol. The molecule has 0 atom stereocenters. The SMILES string of the molecule is O=C(O)CN1CCN(CCCl)CC1. The van der Waals surface area contributed by atoms with Crippen LogP contribution in [-0.4, -0.2) is 66.0 Å². The van der Waals surface area contributed by atoms with Crippen LogP contribution >= 0.6 is 11.6 Å². The second-order valence-corrected chi connectivity index (χ2v) is 3.58. The van der Waals surface area contributed by atoms with Crippen molar-refractivity contribution in [3.63, 3.8) is 0 Å². The van der Waals surface area contributed by atoms with Crippen LogP contribution in [0.5, 0.6) is 0 Å². The lowest BCUT2D eigenvalue weighted by atomic mass is 10.3. The first-order valence-electron chi connectivity index (χ1n) is 4.45. The van der Waals surface area contributed by atoms with Gasteiger partial charge in [-0.3, -0.25) is 14.6 Å². The van der Waals surface area contributed by atoms with Gasteiger partial charge in [0.05, 0.1) is 6.54 Å². The summed E-state index contributed by atoms with van der Waals surface area (Å²) in [6.07, 6.45) is 0. The molecule has 0 aromatic heterocycles. The van der Waals surface area contributed by atoms with Crippen molar-refractivity contribution in [1.82, 2.24) is 9.80 Å². The number of hydrogen-bond donors (Lipinski definition) is 1. The molecule has 1 aliphatic heterocycles. The summed E-state index contributed by atoms with van der Waals surface area (Å²) in [5.74, 6) is -0.0929. The Morgan fingerprint density at radius 3 is 2.23 bits per heavy atom. The fourth-order valence-electron chi connectivity index (χ4n) is 1.48. The van der Waals surface area contributed by atoms with Crippen molar-refractivity contribution in [3.05, 3.63) is 0 Å². The standard InChI is InChI=1S/C8H15ClN2O2/c9-1-2-10-3-5-11(6-4-10)7-8(12)13/h1-7H2,(H,12,13). The van der Waals surface area contributed by atoms with Crippen molar-refractivity contribution < 1.29 is 9.90 Å². The van der Waals surface area contributed by atoms with E-state index in [2.05, 4.69) is 4.90 Å². The molecule has 0 bridgehead atoms. The van der Waals surface area contributed by atoms with Gasteiger partial charge in [-0.2, -0.15) is 0 Å². The van der Waals surface area contributed by atoms with Crippen molar-refractivity contribution >= 4 is 17.6 Å². The highest BCUT2D eigenvalue weighted by Gasteiger charge is 2.17. The number of nitrogens with zero attached hydrogens (tertiary/aromatic N) is 2. The number of piperazine rings is 1. The van der Waals surface area contributed by atoms with E-state index in [4.69, 9.17) is 16.7 Å². The normalized spacial score (nSPS) is 20.4. The van der Waals surface area contributed by atoms with E-state index in [1.54, 1.807) is 0 Å². The highest BCUT2D eigenvalue weighted by atomic mass is 35.5. The predicted molar refractivity (Wildman–Crippen MR) is 51.2 cm³/mol. The Kier molecular flexibility index (Phi) is 4.48. The fourth-order valence-corrected chi connectivity index (χ4v) is 1.72. The molecular weight excluding hydrogens is 192 g/mol. The molecule has 0 unspecified atom stereocenters. The van der Waals surface area contributed by atoms with Crippen molar-refractivity contribution in [2.24, 2.45) is 0 Å². The summed E-state index contributed by atoms with van der Waals surface area (Å²) >= 11 is 5.61. The molecule has 1 saturated heterocycles. The van der Waals surface area contributed by atoms with Gasteiger partial charge in [0.2, 0.25) is 0 Å². The number of hydrogen-bond acceptors (Lipinski definition) is 3. The van der Waals surface area contributed by atoms with Crippen LogP contribution in [0.4, 0.5) is 0 Å². The lowest BCUT2D eigenvalue weighted by Gasteiger charge is -2.33. The molecular formula is C8H15ClN2O2. The van der Waals surface area contributed by atoms with Gasteiger partial charge >= 0.3 is 5.97 Å². The zero-order chi connectivity index (χ0) is 9.68. The van der Waals surface area contributed by atoms with Gasteiger partial charge in [0.1, 0.15) is 0 Å². The second-order valence-electron chi connectivity index (χ2n) is 3.20. The zero-order valence-electron chi connectivity index (χ0n) is 7.58. The Balaban J connectivity index is 2.18. The van der Waals surface area contributed by atoms with E-state index in [1.807, 2.05) is 4.90 Å². The molecule has 0 radical (unpaired) electrons. The number of rotatable bonds is 4. The molecule has 1 aliphatic rings. The first-order valence-corrected chi connectivity index (χ1v) is 4.98. The molecule has 0 amide bonds. The Hall–Kier alpha value is -0.320. The molecule has 0 aromatic rings. The van der Waals surface area contributed by atoms with Crippen LogP contribution in [0.15, 0.2) is 0 Å². The molecule has 0 saturated carbocycles. The average molecular weight is 207 g/mol. The molecule has 5 heteroatoms. The Labute approximate surface area is 83.1 Å².